The summed E-state index contributed by atoms with van der Waals surface area (Å²) in [5.41, 5.74) is 6.84. The van der Waals surface area contributed by atoms with Crippen molar-refractivity contribution in [1.82, 2.24) is 4.57 Å². The lowest BCUT2D eigenvalue weighted by Crippen LogP contribution is -2.00. The molecular formula is C21H20IN3O2. The molecule has 0 saturated heterocycles. The Labute approximate surface area is 172 Å². The fraction of sp³-hybridized carbons (Fsp3) is 0.190. The second-order valence-corrected chi connectivity index (χ2v) is 7.74. The summed E-state index contributed by atoms with van der Waals surface area (Å²) in [6.45, 7) is 7.95. The van der Waals surface area contributed by atoms with Crippen LogP contribution in [0.1, 0.15) is 28.1 Å². The molecule has 5 nitrogen and oxygen atoms in total. The van der Waals surface area contributed by atoms with Crippen molar-refractivity contribution >= 4 is 40.2 Å². The third kappa shape index (κ3) is 3.95. The van der Waals surface area contributed by atoms with E-state index in [9.17, 15) is 10.1 Å². The number of nitro benzene ring substituents is 1. The standard InChI is InChI=1S/C21H20IN3O2/c1-13-5-6-18(11-21(13)25(26)27)23-12-17-10-15(3)24(16(17)4)19-7-8-20(22)14(2)9-19/h5-12H,1-4H3. The highest BCUT2D eigenvalue weighted by molar-refractivity contribution is 14.1. The van der Waals surface area contributed by atoms with Crippen LogP contribution in [0.25, 0.3) is 5.69 Å². The Morgan fingerprint density at radius 1 is 1.04 bits per heavy atom. The molecule has 0 N–H and O–H groups in total. The smallest absolute Gasteiger partial charge is 0.274 e. The number of aliphatic imine (C=N–C) groups is 1. The van der Waals surface area contributed by atoms with Crippen LogP contribution < -0.4 is 0 Å². The van der Waals surface area contributed by atoms with Crippen LogP contribution in [0.5, 0.6) is 0 Å². The number of halogens is 1. The number of hydrogen-bond donors (Lipinski definition) is 0. The van der Waals surface area contributed by atoms with Crippen molar-refractivity contribution in [3.8, 4) is 5.69 Å². The van der Waals surface area contributed by atoms with Crippen molar-refractivity contribution in [2.45, 2.75) is 27.7 Å². The van der Waals surface area contributed by atoms with Crippen LogP contribution in [0.2, 0.25) is 0 Å². The van der Waals surface area contributed by atoms with E-state index in [0.717, 1.165) is 22.6 Å². The zero-order valence-electron chi connectivity index (χ0n) is 15.7. The van der Waals surface area contributed by atoms with Crippen molar-refractivity contribution in [2.24, 2.45) is 4.99 Å². The van der Waals surface area contributed by atoms with Crippen molar-refractivity contribution in [3.05, 3.63) is 84.2 Å². The Morgan fingerprint density at radius 2 is 1.78 bits per heavy atom. The van der Waals surface area contributed by atoms with Crippen LogP contribution in [0, 0.1) is 41.4 Å². The highest BCUT2D eigenvalue weighted by Gasteiger charge is 2.12. The third-order valence-corrected chi connectivity index (χ3v) is 5.82. The van der Waals surface area contributed by atoms with E-state index in [1.165, 1.54) is 15.2 Å². The summed E-state index contributed by atoms with van der Waals surface area (Å²) in [6, 6.07) is 13.5. The molecule has 2 aromatic carbocycles. The number of aromatic nitrogens is 1. The Morgan fingerprint density at radius 3 is 2.44 bits per heavy atom. The summed E-state index contributed by atoms with van der Waals surface area (Å²) >= 11 is 2.33. The van der Waals surface area contributed by atoms with Gasteiger partial charge in [0.15, 0.2) is 0 Å². The molecule has 3 aromatic rings. The molecule has 0 aliphatic carbocycles. The van der Waals surface area contributed by atoms with Gasteiger partial charge in [0.05, 0.1) is 10.6 Å². The molecule has 0 unspecified atom stereocenters. The van der Waals surface area contributed by atoms with Gasteiger partial charge in [-0.25, -0.2) is 0 Å². The molecule has 27 heavy (non-hydrogen) atoms. The van der Waals surface area contributed by atoms with Crippen molar-refractivity contribution in [2.75, 3.05) is 0 Å². The Bertz CT molecular complexity index is 1070. The second-order valence-electron chi connectivity index (χ2n) is 6.58. The molecular weight excluding hydrogens is 453 g/mol. The topological polar surface area (TPSA) is 60.4 Å². The van der Waals surface area contributed by atoms with Gasteiger partial charge >= 0.3 is 0 Å². The van der Waals surface area contributed by atoms with Gasteiger partial charge < -0.3 is 4.57 Å². The number of nitrogens with zero attached hydrogens (tertiary/aromatic N) is 3. The van der Waals surface area contributed by atoms with Crippen molar-refractivity contribution in [3.63, 3.8) is 0 Å². The Balaban J connectivity index is 1.97. The van der Waals surface area contributed by atoms with Crippen LogP contribution >= 0.6 is 22.6 Å². The molecule has 6 heteroatoms. The molecule has 138 valence electrons. The van der Waals surface area contributed by atoms with E-state index in [1.54, 1.807) is 25.3 Å². The van der Waals surface area contributed by atoms with Crippen molar-refractivity contribution in [1.29, 1.82) is 0 Å². The van der Waals surface area contributed by atoms with Gasteiger partial charge in [0.2, 0.25) is 0 Å². The summed E-state index contributed by atoms with van der Waals surface area (Å²) in [6.07, 6.45) is 1.77. The average molecular weight is 473 g/mol. The predicted octanol–water partition coefficient (Wildman–Crippen LogP) is 5.97. The molecule has 0 spiro atoms. The molecule has 0 aliphatic rings. The quantitative estimate of drug-likeness (QED) is 0.203. The van der Waals surface area contributed by atoms with E-state index in [4.69, 9.17) is 0 Å². The minimum absolute atomic E-state index is 0.0875. The second kappa shape index (κ2) is 7.64. The zero-order chi connectivity index (χ0) is 19.7. The summed E-state index contributed by atoms with van der Waals surface area (Å²) in [7, 11) is 0. The normalized spacial score (nSPS) is 11.3. The van der Waals surface area contributed by atoms with Gasteiger partial charge in [0.1, 0.15) is 0 Å². The third-order valence-electron chi connectivity index (χ3n) is 4.61. The summed E-state index contributed by atoms with van der Waals surface area (Å²) in [4.78, 5) is 15.2. The van der Waals surface area contributed by atoms with Gasteiger partial charge in [0, 0.05) is 44.1 Å². The summed E-state index contributed by atoms with van der Waals surface area (Å²) in [5, 5.41) is 11.1. The SMILES string of the molecule is Cc1cc(-n2c(C)cc(C=Nc3ccc(C)c([N+](=O)[O-])c3)c2C)ccc1I. The van der Waals surface area contributed by atoms with Gasteiger partial charge in [-0.05, 0) is 86.2 Å². The van der Waals surface area contributed by atoms with Gasteiger partial charge in [-0.3, -0.25) is 15.1 Å². The van der Waals surface area contributed by atoms with Gasteiger partial charge in [0.25, 0.3) is 5.69 Å². The fourth-order valence-electron chi connectivity index (χ4n) is 3.10. The van der Waals surface area contributed by atoms with Crippen LogP contribution in [-0.4, -0.2) is 15.7 Å². The number of aryl methyl sites for hydroxylation is 3. The van der Waals surface area contributed by atoms with Crippen LogP contribution in [-0.2, 0) is 0 Å². The van der Waals surface area contributed by atoms with Crippen LogP contribution in [0.3, 0.4) is 0 Å². The minimum Gasteiger partial charge on any atom is -0.318 e. The monoisotopic (exact) mass is 473 g/mol. The first-order valence-electron chi connectivity index (χ1n) is 8.52. The van der Waals surface area contributed by atoms with E-state index < -0.39 is 0 Å². The first-order valence-corrected chi connectivity index (χ1v) is 9.60. The molecule has 0 bridgehead atoms. The van der Waals surface area contributed by atoms with E-state index in [-0.39, 0.29) is 10.6 Å². The molecule has 0 aliphatic heterocycles. The molecule has 0 fully saturated rings. The lowest BCUT2D eigenvalue weighted by Gasteiger charge is -2.11. The average Bonchev–Trinajstić information content (AvgIpc) is 2.90. The molecule has 3 rings (SSSR count). The maximum absolute atomic E-state index is 11.1. The lowest BCUT2D eigenvalue weighted by atomic mass is 10.2. The van der Waals surface area contributed by atoms with E-state index in [1.807, 2.05) is 0 Å². The van der Waals surface area contributed by atoms with Gasteiger partial charge in [-0.1, -0.05) is 6.07 Å². The highest BCUT2D eigenvalue weighted by atomic mass is 127. The highest BCUT2D eigenvalue weighted by Crippen LogP contribution is 2.26. The Kier molecular flexibility index (Phi) is 5.46. The maximum Gasteiger partial charge on any atom is 0.274 e. The molecule has 0 atom stereocenters. The predicted molar refractivity (Wildman–Crippen MR) is 118 cm³/mol. The van der Waals surface area contributed by atoms with Crippen molar-refractivity contribution < 1.29 is 4.92 Å². The fourth-order valence-corrected chi connectivity index (χ4v) is 3.44. The molecule has 0 amide bonds. The van der Waals surface area contributed by atoms with Gasteiger partial charge in [-0.15, -0.1) is 0 Å². The first kappa shape index (κ1) is 19.3. The molecule has 1 heterocycles. The van der Waals surface area contributed by atoms with Gasteiger partial charge in [-0.2, -0.15) is 0 Å². The number of hydrogen-bond acceptors (Lipinski definition) is 3. The van der Waals surface area contributed by atoms with Crippen LogP contribution in [0.15, 0.2) is 47.5 Å². The number of nitro groups is 1. The van der Waals surface area contributed by atoms with E-state index in [0.29, 0.717) is 11.3 Å². The minimum atomic E-state index is -0.376. The number of benzene rings is 2. The summed E-state index contributed by atoms with van der Waals surface area (Å²) in [5.74, 6) is 0. The molecule has 0 saturated carbocycles. The van der Waals surface area contributed by atoms with E-state index >= 15 is 0 Å². The lowest BCUT2D eigenvalue weighted by molar-refractivity contribution is -0.385. The largest absolute Gasteiger partial charge is 0.318 e. The number of rotatable bonds is 4. The van der Waals surface area contributed by atoms with Crippen LogP contribution in [0.4, 0.5) is 11.4 Å². The first-order chi connectivity index (χ1) is 12.8. The van der Waals surface area contributed by atoms with E-state index in [2.05, 4.69) is 77.2 Å². The Hall–Kier alpha value is -2.48. The molecule has 1 aromatic heterocycles. The maximum atomic E-state index is 11.1. The molecule has 0 radical (unpaired) electrons. The zero-order valence-corrected chi connectivity index (χ0v) is 17.8. The summed E-state index contributed by atoms with van der Waals surface area (Å²) < 4.78 is 3.43.